The van der Waals surface area contributed by atoms with E-state index in [-0.39, 0.29) is 0 Å². The predicted octanol–water partition coefficient (Wildman–Crippen LogP) is 4.81. The Labute approximate surface area is 129 Å². The summed E-state index contributed by atoms with van der Waals surface area (Å²) in [5.41, 5.74) is 2.97. The highest BCUT2D eigenvalue weighted by atomic mass is 32.2. The highest BCUT2D eigenvalue weighted by Gasteiger charge is 2.15. The second-order valence-electron chi connectivity index (χ2n) is 5.39. The molecule has 0 amide bonds. The van der Waals surface area contributed by atoms with E-state index in [1.807, 2.05) is 11.3 Å². The number of thioether (sulfide) groups is 1. The number of nitrogens with one attached hydrogen (secondary N) is 1. The van der Waals surface area contributed by atoms with Crippen LogP contribution < -0.4 is 5.32 Å². The average molecular weight is 303 g/mol. The Morgan fingerprint density at radius 2 is 2.05 bits per heavy atom. The van der Waals surface area contributed by atoms with Crippen LogP contribution in [0, 0.1) is 0 Å². The van der Waals surface area contributed by atoms with Gasteiger partial charge in [-0.2, -0.15) is 0 Å². The van der Waals surface area contributed by atoms with Crippen LogP contribution in [-0.2, 0) is 19.4 Å². The first-order valence-corrected chi connectivity index (χ1v) is 9.28. The zero-order valence-corrected chi connectivity index (χ0v) is 13.7. The van der Waals surface area contributed by atoms with Gasteiger partial charge in [-0.25, -0.2) is 0 Å². The lowest BCUT2D eigenvalue weighted by atomic mass is 10.1. The van der Waals surface area contributed by atoms with Crippen LogP contribution in [0.25, 0.3) is 0 Å². The van der Waals surface area contributed by atoms with Gasteiger partial charge in [-0.3, -0.25) is 0 Å². The molecule has 1 aromatic carbocycles. The fourth-order valence-electron chi connectivity index (χ4n) is 2.74. The number of hydrogen-bond acceptors (Lipinski definition) is 3. The van der Waals surface area contributed by atoms with Crippen LogP contribution in [0.5, 0.6) is 0 Å². The molecule has 0 saturated heterocycles. The molecule has 1 aromatic heterocycles. The molecule has 3 rings (SSSR count). The van der Waals surface area contributed by atoms with Crippen LogP contribution in [0.3, 0.4) is 0 Å². The SMILES string of the molecule is CSc1ccc(C(C)NCc2cc3c(s2)CCC3)cc1. The maximum Gasteiger partial charge on any atom is 0.0305 e. The molecule has 0 saturated carbocycles. The lowest BCUT2D eigenvalue weighted by molar-refractivity contribution is 0.578. The van der Waals surface area contributed by atoms with Gasteiger partial charge >= 0.3 is 0 Å². The average Bonchev–Trinajstić information content (AvgIpc) is 3.06. The monoisotopic (exact) mass is 303 g/mol. The molecule has 1 aliphatic carbocycles. The summed E-state index contributed by atoms with van der Waals surface area (Å²) in [6.07, 6.45) is 6.06. The number of rotatable bonds is 5. The fraction of sp³-hybridized carbons (Fsp3) is 0.412. The van der Waals surface area contributed by atoms with E-state index >= 15 is 0 Å². The first-order chi connectivity index (χ1) is 9.76. The van der Waals surface area contributed by atoms with E-state index in [2.05, 4.69) is 48.8 Å². The number of fused-ring (bicyclic) bond motifs is 1. The molecule has 0 spiro atoms. The first kappa shape index (κ1) is 14.2. The normalized spacial score (nSPS) is 15.3. The summed E-state index contributed by atoms with van der Waals surface area (Å²) in [7, 11) is 0. The van der Waals surface area contributed by atoms with Crippen molar-refractivity contribution in [3.8, 4) is 0 Å². The molecule has 0 aliphatic heterocycles. The van der Waals surface area contributed by atoms with Gasteiger partial charge in [-0.05, 0) is 61.8 Å². The molecule has 1 aliphatic rings. The van der Waals surface area contributed by atoms with Crippen LogP contribution in [0.15, 0.2) is 35.2 Å². The van der Waals surface area contributed by atoms with Crippen LogP contribution in [0.4, 0.5) is 0 Å². The molecule has 0 bridgehead atoms. The summed E-state index contributed by atoms with van der Waals surface area (Å²) in [5, 5.41) is 3.65. The van der Waals surface area contributed by atoms with Crippen LogP contribution in [0.1, 0.15) is 40.3 Å². The summed E-state index contributed by atoms with van der Waals surface area (Å²) in [5.74, 6) is 0. The molecule has 20 heavy (non-hydrogen) atoms. The third-order valence-corrected chi connectivity index (χ3v) is 5.98. The highest BCUT2D eigenvalue weighted by Crippen LogP contribution is 2.30. The molecule has 0 radical (unpaired) electrons. The van der Waals surface area contributed by atoms with Gasteiger partial charge in [0.25, 0.3) is 0 Å². The summed E-state index contributed by atoms with van der Waals surface area (Å²) < 4.78 is 0. The van der Waals surface area contributed by atoms with Crippen molar-refractivity contribution in [3.63, 3.8) is 0 Å². The van der Waals surface area contributed by atoms with Gasteiger partial charge in [-0.1, -0.05) is 12.1 Å². The van der Waals surface area contributed by atoms with Gasteiger partial charge in [-0.15, -0.1) is 23.1 Å². The largest absolute Gasteiger partial charge is 0.305 e. The summed E-state index contributed by atoms with van der Waals surface area (Å²) in [6, 6.07) is 11.7. The molecule has 0 fully saturated rings. The van der Waals surface area contributed by atoms with E-state index in [0.29, 0.717) is 6.04 Å². The zero-order valence-electron chi connectivity index (χ0n) is 12.1. The van der Waals surface area contributed by atoms with Gasteiger partial charge < -0.3 is 5.32 Å². The molecule has 2 aromatic rings. The molecule has 1 atom stereocenters. The minimum atomic E-state index is 0.405. The minimum absolute atomic E-state index is 0.405. The van der Waals surface area contributed by atoms with Crippen LogP contribution in [-0.4, -0.2) is 6.26 Å². The van der Waals surface area contributed by atoms with Crippen molar-refractivity contribution in [2.75, 3.05) is 6.26 Å². The molecule has 106 valence electrons. The second kappa shape index (κ2) is 6.33. The third kappa shape index (κ3) is 3.11. The molecular weight excluding hydrogens is 282 g/mol. The summed E-state index contributed by atoms with van der Waals surface area (Å²) in [4.78, 5) is 4.44. The molecular formula is C17H21NS2. The standard InChI is InChI=1S/C17H21NS2/c1-12(13-6-8-15(19-2)9-7-13)18-11-16-10-14-4-3-5-17(14)20-16/h6-10,12,18H,3-5,11H2,1-2H3. The summed E-state index contributed by atoms with van der Waals surface area (Å²) >= 11 is 3.79. The van der Waals surface area contributed by atoms with Crippen molar-refractivity contribution in [2.24, 2.45) is 0 Å². The van der Waals surface area contributed by atoms with E-state index in [1.165, 1.54) is 34.6 Å². The number of benzene rings is 1. The number of hydrogen-bond donors (Lipinski definition) is 1. The molecule has 3 heteroatoms. The smallest absolute Gasteiger partial charge is 0.0305 e. The number of thiophene rings is 1. The van der Waals surface area contributed by atoms with E-state index in [9.17, 15) is 0 Å². The lowest BCUT2D eigenvalue weighted by Crippen LogP contribution is -2.17. The Kier molecular flexibility index (Phi) is 4.49. The number of aryl methyl sites for hydroxylation is 2. The Hall–Kier alpha value is -0.770. The van der Waals surface area contributed by atoms with Gasteiger partial charge in [0.1, 0.15) is 0 Å². The zero-order chi connectivity index (χ0) is 13.9. The van der Waals surface area contributed by atoms with Crippen LogP contribution in [0.2, 0.25) is 0 Å². The lowest BCUT2D eigenvalue weighted by Gasteiger charge is -2.14. The van der Waals surface area contributed by atoms with Gasteiger partial charge in [0.15, 0.2) is 0 Å². The maximum atomic E-state index is 3.65. The fourth-order valence-corrected chi connectivity index (χ4v) is 4.36. The first-order valence-electron chi connectivity index (χ1n) is 7.24. The third-order valence-electron chi connectivity index (χ3n) is 4.00. The van der Waals surface area contributed by atoms with Crippen molar-refractivity contribution in [1.29, 1.82) is 0 Å². The van der Waals surface area contributed by atoms with Gasteiger partial charge in [0, 0.05) is 27.2 Å². The highest BCUT2D eigenvalue weighted by molar-refractivity contribution is 7.98. The van der Waals surface area contributed by atoms with Crippen molar-refractivity contribution in [3.05, 3.63) is 51.2 Å². The van der Waals surface area contributed by atoms with E-state index in [4.69, 9.17) is 0 Å². The van der Waals surface area contributed by atoms with Crippen molar-refractivity contribution in [1.82, 2.24) is 5.32 Å². The maximum absolute atomic E-state index is 3.65. The van der Waals surface area contributed by atoms with Gasteiger partial charge in [0.05, 0.1) is 0 Å². The van der Waals surface area contributed by atoms with E-state index in [1.54, 1.807) is 22.2 Å². The van der Waals surface area contributed by atoms with Crippen molar-refractivity contribution < 1.29 is 0 Å². The molecule has 1 N–H and O–H groups in total. The van der Waals surface area contributed by atoms with E-state index in [0.717, 1.165) is 6.54 Å². The van der Waals surface area contributed by atoms with Gasteiger partial charge in [0.2, 0.25) is 0 Å². The minimum Gasteiger partial charge on any atom is -0.305 e. The Morgan fingerprint density at radius 1 is 1.25 bits per heavy atom. The topological polar surface area (TPSA) is 12.0 Å². The predicted molar refractivity (Wildman–Crippen MR) is 89.8 cm³/mol. The Balaban J connectivity index is 1.59. The summed E-state index contributed by atoms with van der Waals surface area (Å²) in [6.45, 7) is 3.23. The second-order valence-corrected chi connectivity index (χ2v) is 7.49. The quantitative estimate of drug-likeness (QED) is 0.796. The Morgan fingerprint density at radius 3 is 2.75 bits per heavy atom. The molecule has 1 heterocycles. The van der Waals surface area contributed by atoms with Crippen molar-refractivity contribution in [2.45, 2.75) is 43.7 Å². The van der Waals surface area contributed by atoms with Crippen LogP contribution >= 0.6 is 23.1 Å². The van der Waals surface area contributed by atoms with Crippen molar-refractivity contribution >= 4 is 23.1 Å². The molecule has 1 nitrogen and oxygen atoms in total. The Bertz CT molecular complexity index is 550. The molecule has 1 unspecified atom stereocenters. The van der Waals surface area contributed by atoms with E-state index < -0.39 is 0 Å².